The summed E-state index contributed by atoms with van der Waals surface area (Å²) in [5, 5.41) is -7.57. The minimum Gasteiger partial charge on any atom is -0.455 e. The molecule has 0 saturated carbocycles. The molecule has 11 rings (SSSR count). The number of hydrogen-bond acceptors (Lipinski definition) is 1. The molecule has 0 bridgehead atoms. The molecule has 0 aliphatic heterocycles. The summed E-state index contributed by atoms with van der Waals surface area (Å²) >= 11 is 0. The normalized spacial score (nSPS) is 20.2. The highest BCUT2D eigenvalue weighted by Crippen LogP contribution is 2.46. The summed E-state index contributed by atoms with van der Waals surface area (Å²) in [5.74, 6) is 0. The summed E-state index contributed by atoms with van der Waals surface area (Å²) in [7, 11) is 0. The lowest BCUT2D eigenvalue weighted by Crippen LogP contribution is -1.91. The third kappa shape index (κ3) is 4.22. The number of fused-ring (bicyclic) bond motifs is 9. The molecule has 0 fully saturated rings. The topological polar surface area (TPSA) is 13.1 Å². The molecule has 0 unspecified atom stereocenters. The summed E-state index contributed by atoms with van der Waals surface area (Å²) in [6.07, 6.45) is 0. The smallest absolute Gasteiger partial charge is 0.143 e. The number of rotatable bonds is 3. The molecule has 0 spiro atoms. The van der Waals surface area contributed by atoms with Crippen LogP contribution in [0.3, 0.4) is 0 Å². The van der Waals surface area contributed by atoms with Crippen LogP contribution in [0.2, 0.25) is 0 Å². The van der Waals surface area contributed by atoms with Crippen molar-refractivity contribution < 1.29 is 45.5 Å². The molecule has 0 N–H and O–H groups in total. The average Bonchev–Trinajstić information content (AvgIpc) is 3.96. The molecule has 0 atom stereocenters. The molecule has 51 heavy (non-hydrogen) atoms. The van der Waals surface area contributed by atoms with Crippen LogP contribution in [0.1, 0.15) is 41.1 Å². The highest BCUT2D eigenvalue weighted by atomic mass is 16.3. The Bertz CT molecular complexity index is 4840. The molecule has 11 aromatic rings. The standard InChI is InChI=1S/C50H30O/c1-3-14-37-31(11-1)13-9-21-40(37)48-43-18-7-5-16-41(43)47(42-17-6-8-19-44(42)48)36-26-24-33-29-35(25-23-34(33)30-36)39-20-10-22-45-49-38-15-4-2-12-32(38)27-28-46(49)51-50(39)45/h1-30H/i1D,2D,3D,4D,5D,6D,7D,8D,9D,10D,11D,12D,13D,14D,15D,16D,17D,18D,19D,20D,21D,22D,23D,24D,25D,26D,27D,28D,29D,30D. The lowest BCUT2D eigenvalue weighted by molar-refractivity contribution is 0.670. The zero-order chi connectivity index (χ0) is 59.6. The maximum absolute atomic E-state index is 9.88. The molecular weight excluding hydrogens is 617 g/mol. The van der Waals surface area contributed by atoms with Crippen molar-refractivity contribution in [3.8, 4) is 33.4 Å². The monoisotopic (exact) mass is 676 g/mol. The maximum atomic E-state index is 9.88. The van der Waals surface area contributed by atoms with Gasteiger partial charge in [0.05, 0.1) is 41.1 Å². The van der Waals surface area contributed by atoms with Gasteiger partial charge in [0, 0.05) is 16.3 Å². The van der Waals surface area contributed by atoms with Crippen LogP contribution in [0.4, 0.5) is 0 Å². The number of para-hydroxylation sites is 1. The molecular formula is C50H30O. The van der Waals surface area contributed by atoms with Crippen molar-refractivity contribution in [2.75, 3.05) is 0 Å². The van der Waals surface area contributed by atoms with Crippen LogP contribution < -0.4 is 0 Å². The third-order valence-corrected chi connectivity index (χ3v) is 8.56. The van der Waals surface area contributed by atoms with Gasteiger partial charge in [-0.3, -0.25) is 0 Å². The summed E-state index contributed by atoms with van der Waals surface area (Å²) in [5.41, 5.74) is -5.74. The van der Waals surface area contributed by atoms with Crippen molar-refractivity contribution in [1.82, 2.24) is 0 Å². The van der Waals surface area contributed by atoms with Gasteiger partial charge in [0.25, 0.3) is 0 Å². The fraction of sp³-hybridized carbons (Fsp3) is 0. The highest BCUT2D eigenvalue weighted by Gasteiger charge is 2.19. The Morgan fingerprint density at radius 3 is 1.55 bits per heavy atom. The van der Waals surface area contributed by atoms with Gasteiger partial charge < -0.3 is 4.42 Å². The fourth-order valence-electron chi connectivity index (χ4n) is 6.41. The predicted molar refractivity (Wildman–Crippen MR) is 218 cm³/mol. The summed E-state index contributed by atoms with van der Waals surface area (Å²) in [4.78, 5) is 0. The first-order chi connectivity index (χ1) is 37.8. The Hall–Kier alpha value is -6.70. The molecule has 10 aromatic carbocycles. The van der Waals surface area contributed by atoms with E-state index in [1.807, 2.05) is 0 Å². The van der Waals surface area contributed by atoms with Crippen molar-refractivity contribution in [1.29, 1.82) is 0 Å². The minimum absolute atomic E-state index is 0.364. The van der Waals surface area contributed by atoms with E-state index in [0.29, 0.717) is 0 Å². The Labute approximate surface area is 336 Å². The van der Waals surface area contributed by atoms with Crippen molar-refractivity contribution >= 4 is 75.8 Å². The highest BCUT2D eigenvalue weighted by molar-refractivity contribution is 6.24. The Kier molecular flexibility index (Phi) is 2.50. The maximum Gasteiger partial charge on any atom is 0.143 e. The lowest BCUT2D eigenvalue weighted by Gasteiger charge is -2.19. The first kappa shape index (κ1) is 11.7. The fourth-order valence-corrected chi connectivity index (χ4v) is 6.41. The molecule has 236 valence electrons. The molecule has 1 heteroatoms. The second-order valence-corrected chi connectivity index (χ2v) is 11.3. The van der Waals surface area contributed by atoms with E-state index in [-0.39, 0.29) is 5.39 Å². The summed E-state index contributed by atoms with van der Waals surface area (Å²) < 4.78 is 278. The Morgan fingerprint density at radius 2 is 0.824 bits per heavy atom. The second kappa shape index (κ2) is 10.9. The van der Waals surface area contributed by atoms with E-state index < -0.39 is 285 Å². The van der Waals surface area contributed by atoms with Crippen LogP contribution in [0.15, 0.2) is 186 Å². The van der Waals surface area contributed by atoms with Gasteiger partial charge in [-0.05, 0) is 99.8 Å². The van der Waals surface area contributed by atoms with E-state index in [1.165, 1.54) is 0 Å². The van der Waals surface area contributed by atoms with Crippen LogP contribution in [-0.2, 0) is 0 Å². The van der Waals surface area contributed by atoms with E-state index in [2.05, 4.69) is 0 Å². The lowest BCUT2D eigenvalue weighted by atomic mass is 9.84. The molecule has 0 aliphatic rings. The molecule has 1 aromatic heterocycles. The van der Waals surface area contributed by atoms with Gasteiger partial charge in [-0.25, -0.2) is 0 Å². The largest absolute Gasteiger partial charge is 0.455 e. The zero-order valence-electron chi connectivity index (χ0n) is 55.4. The van der Waals surface area contributed by atoms with Gasteiger partial charge in [-0.2, -0.15) is 0 Å². The van der Waals surface area contributed by atoms with E-state index in [4.69, 9.17) is 30.5 Å². The average molecular weight is 677 g/mol. The van der Waals surface area contributed by atoms with Crippen molar-refractivity contribution in [3.05, 3.63) is 181 Å². The minimum atomic E-state index is -1.10. The molecule has 1 heterocycles. The van der Waals surface area contributed by atoms with Crippen LogP contribution in [0.25, 0.3) is 109 Å². The predicted octanol–water partition coefficient (Wildman–Crippen LogP) is 14.4. The van der Waals surface area contributed by atoms with Gasteiger partial charge in [0.15, 0.2) is 0 Å². The van der Waals surface area contributed by atoms with Gasteiger partial charge in [-0.1, -0.05) is 163 Å². The number of furan rings is 1. The Balaban J connectivity index is 1.35. The van der Waals surface area contributed by atoms with Crippen molar-refractivity contribution in [2.45, 2.75) is 0 Å². The summed E-state index contributed by atoms with van der Waals surface area (Å²) in [6, 6.07) is -27.8. The molecule has 0 saturated heterocycles. The number of benzene rings is 10. The van der Waals surface area contributed by atoms with Gasteiger partial charge in [0.2, 0.25) is 0 Å². The van der Waals surface area contributed by atoms with Gasteiger partial charge >= 0.3 is 0 Å². The van der Waals surface area contributed by atoms with Crippen molar-refractivity contribution in [3.63, 3.8) is 0 Å². The zero-order valence-corrected chi connectivity index (χ0v) is 25.4. The van der Waals surface area contributed by atoms with Gasteiger partial charge in [-0.15, -0.1) is 0 Å². The van der Waals surface area contributed by atoms with Crippen LogP contribution in [0, 0.1) is 0 Å². The van der Waals surface area contributed by atoms with Crippen LogP contribution >= 0.6 is 0 Å². The van der Waals surface area contributed by atoms with E-state index in [9.17, 15) is 15.1 Å². The quantitative estimate of drug-likeness (QED) is 0.170. The van der Waals surface area contributed by atoms with Gasteiger partial charge in [0.1, 0.15) is 11.2 Å². The first-order valence-electron chi connectivity index (χ1n) is 30.2. The third-order valence-electron chi connectivity index (χ3n) is 8.56. The summed E-state index contributed by atoms with van der Waals surface area (Å²) in [6.45, 7) is 0. The van der Waals surface area contributed by atoms with E-state index >= 15 is 0 Å². The molecule has 0 amide bonds. The first-order valence-corrected chi connectivity index (χ1v) is 15.2. The van der Waals surface area contributed by atoms with Crippen molar-refractivity contribution in [2.24, 2.45) is 0 Å². The molecule has 1 nitrogen and oxygen atoms in total. The van der Waals surface area contributed by atoms with Crippen LogP contribution in [0.5, 0.6) is 0 Å². The van der Waals surface area contributed by atoms with E-state index in [1.54, 1.807) is 0 Å². The molecule has 0 aliphatic carbocycles. The molecule has 0 radical (unpaired) electrons. The van der Waals surface area contributed by atoms with E-state index in [0.717, 1.165) is 0 Å². The van der Waals surface area contributed by atoms with Crippen LogP contribution in [-0.4, -0.2) is 0 Å². The second-order valence-electron chi connectivity index (χ2n) is 11.3. The SMILES string of the molecule is [2H]c1c([2H])c([2H])c2c(oc3c([2H])c([2H])c4c([2H])c([2H])c([2H])c([2H])c4c32)c1-c1c([2H])c([2H])c2c([2H])c(-c3c4c([2H])c([2H])c([2H])c([2H])c4c(-c4c([2H])c([2H])c([2H])c5c([2H])c([2H])c([2H])c([2H])c45)c4c([2H])c([2H])c([2H])c([2H])c34)c([2H])c([2H])c2c1[2H]. The Morgan fingerprint density at radius 1 is 0.333 bits per heavy atom. The number of hydrogen-bond donors (Lipinski definition) is 0.